The van der Waals surface area contributed by atoms with E-state index >= 15 is 0 Å². The number of anilines is 2. The molecule has 0 spiro atoms. The van der Waals surface area contributed by atoms with Gasteiger partial charge in [0, 0.05) is 70.0 Å². The zero-order chi connectivity index (χ0) is 45.1. The molecule has 66 heavy (non-hydrogen) atoms. The van der Waals surface area contributed by atoms with Crippen LogP contribution >= 0.6 is 11.3 Å². The van der Waals surface area contributed by atoms with E-state index in [1.807, 2.05) is 11.3 Å². The van der Waals surface area contributed by atoms with E-state index in [2.05, 4.69) is 218 Å². The minimum Gasteiger partial charge on any atom is -0.376 e. The molecular formula is C62H53BN2S. The van der Waals surface area contributed by atoms with Gasteiger partial charge in [0.25, 0.3) is 0 Å². The van der Waals surface area contributed by atoms with Crippen LogP contribution in [0.4, 0.5) is 11.4 Å². The summed E-state index contributed by atoms with van der Waals surface area (Å²) < 4.78 is 5.45. The Morgan fingerprint density at radius 3 is 1.76 bits per heavy atom. The van der Waals surface area contributed by atoms with E-state index in [1.165, 1.54) is 137 Å². The van der Waals surface area contributed by atoms with Crippen molar-refractivity contribution in [3.05, 3.63) is 173 Å². The molecule has 14 rings (SSSR count). The van der Waals surface area contributed by atoms with Gasteiger partial charge in [0.05, 0.1) is 11.0 Å². The molecule has 10 aromatic rings. The molecule has 4 heterocycles. The summed E-state index contributed by atoms with van der Waals surface area (Å²) in [7, 11) is 0. The highest BCUT2D eigenvalue weighted by molar-refractivity contribution is 7.27. The summed E-state index contributed by atoms with van der Waals surface area (Å²) in [5.41, 5.74) is 25.5. The lowest BCUT2D eigenvalue weighted by Gasteiger charge is -2.43. The van der Waals surface area contributed by atoms with Gasteiger partial charge in [-0.3, -0.25) is 0 Å². The van der Waals surface area contributed by atoms with Crippen LogP contribution in [0.5, 0.6) is 0 Å². The van der Waals surface area contributed by atoms with Gasteiger partial charge in [0.1, 0.15) is 0 Å². The molecule has 0 amide bonds. The lowest BCUT2D eigenvalue weighted by atomic mass is 9.43. The molecule has 4 aliphatic rings. The van der Waals surface area contributed by atoms with E-state index in [-0.39, 0.29) is 28.5 Å². The van der Waals surface area contributed by atoms with E-state index in [1.54, 1.807) is 0 Å². The minimum atomic E-state index is -0.156. The molecule has 320 valence electrons. The monoisotopic (exact) mass is 868 g/mol. The Hall–Kier alpha value is -6.36. The Morgan fingerprint density at radius 1 is 0.500 bits per heavy atom. The summed E-state index contributed by atoms with van der Waals surface area (Å²) in [6.07, 6.45) is 0. The normalized spacial score (nSPS) is 15.9. The summed E-state index contributed by atoms with van der Waals surface area (Å²) in [6, 6.07) is 55.0. The van der Waals surface area contributed by atoms with E-state index in [0.29, 0.717) is 0 Å². The summed E-state index contributed by atoms with van der Waals surface area (Å²) >= 11 is 2.00. The third-order valence-electron chi connectivity index (χ3n) is 16.5. The summed E-state index contributed by atoms with van der Waals surface area (Å²) in [5.74, 6) is 0. The van der Waals surface area contributed by atoms with Crippen LogP contribution in [0, 0.1) is 0 Å². The standard InChI is InChI=1S/C62H53BN2S/c1-59(2,3)34-23-26-36(27-24-34)65-50-31-40-37-17-11-14-20-44(37)61(7,8)46(40)30-43(50)55-56-57-53(54-39-19-13-16-22-52(39)66-58(54)55)42-29-35(60(4,5)6)25-28-49(42)64(57)51-32-41-38-18-12-15-21-45(38)62(9,10)47(41)33-48(51)63(56)65/h11-33H,1-10H3. The Bertz CT molecular complexity index is 3840. The average molecular weight is 869 g/mol. The van der Waals surface area contributed by atoms with Crippen molar-refractivity contribution in [3.8, 4) is 39.1 Å². The molecule has 2 aromatic heterocycles. The van der Waals surface area contributed by atoms with Crippen LogP contribution < -0.4 is 15.7 Å². The third-order valence-corrected chi connectivity index (χ3v) is 17.7. The maximum atomic E-state index is 2.76. The maximum absolute atomic E-state index is 2.76. The highest BCUT2D eigenvalue weighted by Gasteiger charge is 2.49. The van der Waals surface area contributed by atoms with Gasteiger partial charge >= 0.3 is 6.85 Å². The van der Waals surface area contributed by atoms with E-state index in [0.717, 1.165) is 0 Å². The van der Waals surface area contributed by atoms with Crippen LogP contribution in [-0.2, 0) is 21.7 Å². The first-order chi connectivity index (χ1) is 31.5. The zero-order valence-corrected chi connectivity index (χ0v) is 40.5. The molecule has 0 fully saturated rings. The molecule has 0 unspecified atom stereocenters. The number of aromatic nitrogens is 1. The Kier molecular flexibility index (Phi) is 7.27. The first kappa shape index (κ1) is 38.9. The number of thiophene rings is 1. The molecule has 0 saturated carbocycles. The molecule has 0 atom stereocenters. The van der Waals surface area contributed by atoms with Crippen LogP contribution in [0.1, 0.15) is 103 Å². The van der Waals surface area contributed by atoms with Crippen molar-refractivity contribution in [1.82, 2.24) is 4.57 Å². The molecule has 0 saturated heterocycles. The number of nitrogens with zero attached hydrogens (tertiary/aromatic N) is 2. The number of hydrogen-bond acceptors (Lipinski definition) is 2. The van der Waals surface area contributed by atoms with Crippen LogP contribution in [0.3, 0.4) is 0 Å². The smallest absolute Gasteiger partial charge is 0.333 e. The molecule has 0 radical (unpaired) electrons. The Balaban J connectivity index is 1.22. The van der Waals surface area contributed by atoms with Gasteiger partial charge < -0.3 is 9.38 Å². The Morgan fingerprint density at radius 2 is 1.09 bits per heavy atom. The minimum absolute atomic E-state index is 0.0108. The van der Waals surface area contributed by atoms with Crippen molar-refractivity contribution in [1.29, 1.82) is 0 Å². The summed E-state index contributed by atoms with van der Waals surface area (Å²) in [4.78, 5) is 2.76. The highest BCUT2D eigenvalue weighted by Crippen LogP contribution is 2.58. The van der Waals surface area contributed by atoms with Gasteiger partial charge in [-0.25, -0.2) is 0 Å². The van der Waals surface area contributed by atoms with Crippen molar-refractivity contribution in [3.63, 3.8) is 0 Å². The van der Waals surface area contributed by atoms with Crippen molar-refractivity contribution in [2.75, 3.05) is 4.81 Å². The SMILES string of the molecule is CC(C)(C)c1ccc(N2B3c4cc5c(cc4-n4c6ccc(C(C)(C)C)cc6c6c7c(sc8ccccc87)c(c3c64)-c3cc4c(cc32)-c2ccccc2C4(C)C)-c2ccccc2C5(C)C)cc1. The number of fused-ring (bicyclic) bond motifs is 19. The van der Waals surface area contributed by atoms with Gasteiger partial charge in [-0.15, -0.1) is 11.3 Å². The van der Waals surface area contributed by atoms with Gasteiger partial charge in [0.15, 0.2) is 0 Å². The fourth-order valence-electron chi connectivity index (χ4n) is 13.0. The second-order valence-electron chi connectivity index (χ2n) is 22.9. The predicted octanol–water partition coefficient (Wildman–Crippen LogP) is 15.6. The number of rotatable bonds is 1. The topological polar surface area (TPSA) is 8.17 Å². The molecule has 4 heteroatoms. The fourth-order valence-corrected chi connectivity index (χ4v) is 14.3. The van der Waals surface area contributed by atoms with Crippen molar-refractivity contribution >= 4 is 82.5 Å². The molecule has 0 bridgehead atoms. The largest absolute Gasteiger partial charge is 0.376 e. The van der Waals surface area contributed by atoms with E-state index < -0.39 is 0 Å². The molecule has 2 nitrogen and oxygen atoms in total. The second kappa shape index (κ2) is 12.3. The molecule has 8 aromatic carbocycles. The van der Waals surface area contributed by atoms with Gasteiger partial charge in [-0.2, -0.15) is 0 Å². The average Bonchev–Trinajstić information content (AvgIpc) is 3.98. The van der Waals surface area contributed by atoms with Crippen molar-refractivity contribution < 1.29 is 0 Å². The van der Waals surface area contributed by atoms with Crippen molar-refractivity contribution in [2.24, 2.45) is 0 Å². The van der Waals surface area contributed by atoms with E-state index in [9.17, 15) is 0 Å². The first-order valence-electron chi connectivity index (χ1n) is 24.0. The van der Waals surface area contributed by atoms with Gasteiger partial charge in [-0.05, 0) is 126 Å². The molecule has 2 aliphatic carbocycles. The van der Waals surface area contributed by atoms with Gasteiger partial charge in [0.2, 0.25) is 0 Å². The lowest BCUT2D eigenvalue weighted by molar-refractivity contribution is 0.590. The van der Waals surface area contributed by atoms with E-state index in [4.69, 9.17) is 0 Å². The highest BCUT2D eigenvalue weighted by atomic mass is 32.1. The molecular weight excluding hydrogens is 816 g/mol. The van der Waals surface area contributed by atoms with Gasteiger partial charge in [-0.1, -0.05) is 160 Å². The first-order valence-corrected chi connectivity index (χ1v) is 24.8. The number of benzene rings is 8. The predicted molar refractivity (Wildman–Crippen MR) is 285 cm³/mol. The van der Waals surface area contributed by atoms with Crippen LogP contribution in [0.15, 0.2) is 140 Å². The molecule has 0 N–H and O–H groups in total. The van der Waals surface area contributed by atoms with Crippen LogP contribution in [0.2, 0.25) is 0 Å². The Labute approximate surface area is 392 Å². The summed E-state index contributed by atoms with van der Waals surface area (Å²) in [5, 5.41) is 5.48. The van der Waals surface area contributed by atoms with Crippen LogP contribution in [0.25, 0.3) is 81.0 Å². The number of hydrogen-bond donors (Lipinski definition) is 0. The summed E-state index contributed by atoms with van der Waals surface area (Å²) in [6.45, 7) is 23.7. The fraction of sp³-hybridized carbons (Fsp3) is 0.226. The maximum Gasteiger partial charge on any atom is 0.333 e. The molecule has 2 aliphatic heterocycles. The zero-order valence-electron chi connectivity index (χ0n) is 39.7. The van der Waals surface area contributed by atoms with Crippen LogP contribution in [-0.4, -0.2) is 11.4 Å². The quantitative estimate of drug-likeness (QED) is 0.149. The third kappa shape index (κ3) is 4.73. The lowest BCUT2D eigenvalue weighted by Crippen LogP contribution is -2.60. The second-order valence-corrected chi connectivity index (χ2v) is 24.0. The van der Waals surface area contributed by atoms with Crippen molar-refractivity contribution in [2.45, 2.75) is 90.9 Å².